The molecule has 0 atom stereocenters. The van der Waals surface area contributed by atoms with E-state index in [0.29, 0.717) is 0 Å². The molecule has 0 saturated heterocycles. The molecule has 1 aromatic rings. The number of allylic oxidation sites excluding steroid dienone is 4. The SMILES string of the molecule is Cc1ccc(C)cc1.O=S(=O)(C(S(=O)(=O)C(F)(F)F)S(=O)(=O)C(F)(F)F)C(F)(F)F.O=S(=O)(C(S(=O)(=O)C(F)(F)F)S(=O)(=O)C(F)(F)F)C(F)(F)F.[C-]1=CC=CC1.[Fe]. The third-order valence-electron chi connectivity index (χ3n) is 5.26. The Morgan fingerprint density at radius 1 is 0.414 bits per heavy atom. The van der Waals surface area contributed by atoms with Gasteiger partial charge in [0, 0.05) is 17.1 Å². The van der Waals surface area contributed by atoms with Crippen LogP contribution in [0.3, 0.4) is 0 Å². The third-order valence-corrected chi connectivity index (χ3v) is 21.3. The summed E-state index contributed by atoms with van der Waals surface area (Å²) in [4.78, 5) is 0. The fourth-order valence-electron chi connectivity index (χ4n) is 2.63. The molecule has 0 heterocycles. The molecule has 0 spiro atoms. The molecule has 0 bridgehead atoms. The molecule has 0 N–H and O–H groups in total. The molecule has 0 aliphatic heterocycles. The molecule has 1 aliphatic rings. The second kappa shape index (κ2) is 19.1. The molecule has 0 saturated carbocycles. The molecular weight excluding hydrogens is 1030 g/mol. The summed E-state index contributed by atoms with van der Waals surface area (Å²) in [5, 5.41) is 0. The Bertz CT molecular complexity index is 1910. The van der Waals surface area contributed by atoms with Gasteiger partial charge >= 0.3 is 33.0 Å². The maximum atomic E-state index is 12.1. The first-order valence-corrected chi connectivity index (χ1v) is 21.9. The van der Waals surface area contributed by atoms with Crippen LogP contribution in [-0.4, -0.2) is 91.4 Å². The van der Waals surface area contributed by atoms with Crippen molar-refractivity contribution < 1.29 is 147 Å². The van der Waals surface area contributed by atoms with E-state index in [1.54, 1.807) is 0 Å². The maximum absolute atomic E-state index is 12.1. The van der Waals surface area contributed by atoms with Gasteiger partial charge in [-0.2, -0.15) is 85.1 Å². The molecule has 0 amide bonds. The van der Waals surface area contributed by atoms with Crippen LogP contribution in [-0.2, 0) is 76.1 Å². The van der Waals surface area contributed by atoms with E-state index >= 15 is 0 Å². The van der Waals surface area contributed by atoms with E-state index < -0.39 is 99.9 Å². The van der Waals surface area contributed by atoms with E-state index in [0.717, 1.165) is 6.42 Å². The monoisotopic (exact) mass is 1050 g/mol. The van der Waals surface area contributed by atoms with Crippen molar-refractivity contribution in [2.45, 2.75) is 61.1 Å². The fourth-order valence-corrected chi connectivity index (χ4v) is 15.9. The van der Waals surface area contributed by atoms with Crippen molar-refractivity contribution in [1.82, 2.24) is 0 Å². The number of rotatable bonds is 6. The first-order chi connectivity index (χ1) is 24.5. The molecule has 1 aliphatic carbocycles. The number of hydrogen-bond acceptors (Lipinski definition) is 12. The van der Waals surface area contributed by atoms with Gasteiger partial charge in [0.1, 0.15) is 0 Å². The fraction of sp³-hybridized carbons (Fsp3) is 0.524. The van der Waals surface area contributed by atoms with Crippen molar-refractivity contribution in [3.05, 3.63) is 59.7 Å². The predicted octanol–water partition coefficient (Wildman–Crippen LogP) is 5.75. The van der Waals surface area contributed by atoms with Gasteiger partial charge in [-0.25, -0.2) is 62.7 Å². The minimum Gasteiger partial charge on any atom is -0.273 e. The molecule has 0 radical (unpaired) electrons. The van der Waals surface area contributed by atoms with Gasteiger partial charge in [-0.05, 0) is 13.8 Å². The van der Waals surface area contributed by atoms with Crippen molar-refractivity contribution in [1.29, 1.82) is 0 Å². The molecule has 1 aromatic carbocycles. The first-order valence-electron chi connectivity index (χ1n) is 12.6. The van der Waals surface area contributed by atoms with E-state index in [2.05, 4.69) is 50.3 Å². The van der Waals surface area contributed by atoms with Crippen molar-refractivity contribution in [2.24, 2.45) is 0 Å². The minimum atomic E-state index is -7.94. The molecule has 0 fully saturated rings. The van der Waals surface area contributed by atoms with Crippen LogP contribution in [0.15, 0.2) is 42.5 Å². The van der Waals surface area contributed by atoms with Crippen molar-refractivity contribution in [3.63, 3.8) is 0 Å². The molecule has 37 heteroatoms. The van der Waals surface area contributed by atoms with Crippen LogP contribution in [0.4, 0.5) is 79.0 Å². The molecular formula is C21H17F18FeO12S6-. The Kier molecular flexibility index (Phi) is 19.8. The van der Waals surface area contributed by atoms with Gasteiger partial charge in [-0.15, -0.1) is 6.42 Å². The average Bonchev–Trinajstić information content (AvgIpc) is 3.51. The van der Waals surface area contributed by atoms with Crippen molar-refractivity contribution in [2.75, 3.05) is 0 Å². The number of hydrogen-bond donors (Lipinski definition) is 0. The molecule has 0 unspecified atom stereocenters. The summed E-state index contributed by atoms with van der Waals surface area (Å²) in [6.45, 7) is 4.19. The Morgan fingerprint density at radius 2 is 0.586 bits per heavy atom. The molecule has 0 aromatic heterocycles. The first kappa shape index (κ1) is 60.0. The number of sulfone groups is 6. The Morgan fingerprint density at radius 3 is 0.672 bits per heavy atom. The number of halogens is 18. The van der Waals surface area contributed by atoms with Gasteiger partial charge in [0.15, 0.2) is 0 Å². The second-order valence-electron chi connectivity index (χ2n) is 9.68. The van der Waals surface area contributed by atoms with E-state index in [1.807, 2.05) is 12.2 Å². The quantitative estimate of drug-likeness (QED) is 0.190. The van der Waals surface area contributed by atoms with Crippen LogP contribution in [0.25, 0.3) is 0 Å². The zero-order chi connectivity index (χ0) is 46.7. The minimum absolute atomic E-state index is 0. The maximum Gasteiger partial charge on any atom is 0.499 e. The zero-order valence-electron chi connectivity index (χ0n) is 26.9. The third kappa shape index (κ3) is 14.1. The Labute approximate surface area is 325 Å². The predicted molar refractivity (Wildman–Crippen MR) is 155 cm³/mol. The smallest absolute Gasteiger partial charge is 0.273 e. The number of alkyl halides is 18. The summed E-state index contributed by atoms with van der Waals surface area (Å²) in [5.41, 5.74) is -39.5. The van der Waals surface area contributed by atoms with E-state index in [-0.39, 0.29) is 17.1 Å². The van der Waals surface area contributed by atoms with Gasteiger partial charge in [-0.1, -0.05) is 35.4 Å². The van der Waals surface area contributed by atoms with Crippen molar-refractivity contribution in [3.8, 4) is 0 Å². The summed E-state index contributed by atoms with van der Waals surface area (Å²) >= 11 is 0. The average molecular weight is 1050 g/mol. The van der Waals surface area contributed by atoms with Crippen LogP contribution >= 0.6 is 0 Å². The molecule has 58 heavy (non-hydrogen) atoms. The molecule has 344 valence electrons. The Balaban J connectivity index is -0.000000782. The molecule has 2 rings (SSSR count). The summed E-state index contributed by atoms with van der Waals surface area (Å²) in [5.74, 6) is 0. The van der Waals surface area contributed by atoms with Gasteiger partial charge in [-0.3, -0.25) is 6.08 Å². The van der Waals surface area contributed by atoms with Gasteiger partial charge in [0.2, 0.25) is 0 Å². The number of aryl methyl sites for hydroxylation is 2. The topological polar surface area (TPSA) is 205 Å². The van der Waals surface area contributed by atoms with Gasteiger partial charge in [0.25, 0.3) is 66.9 Å². The summed E-state index contributed by atoms with van der Waals surface area (Å²) in [6, 6.07) is 8.48. The Hall–Kier alpha value is -2.34. The summed E-state index contributed by atoms with van der Waals surface area (Å²) < 4.78 is 333. The summed E-state index contributed by atoms with van der Waals surface area (Å²) in [6.07, 6.45) is 10.0. The van der Waals surface area contributed by atoms with Gasteiger partial charge in [0.05, 0.1) is 0 Å². The van der Waals surface area contributed by atoms with Crippen LogP contribution in [0, 0.1) is 19.9 Å². The van der Waals surface area contributed by atoms with Crippen LogP contribution < -0.4 is 0 Å². The normalized spacial score (nSPS) is 15.0. The standard InChI is InChI=1S/C8H10.C5H5.2C4HF9O6S3.Fe/c1-7-3-5-8(2)6-4-7;1-2-4-5-3-1;2*5-2(6,7)20(14,15)1(21(16,17)3(8,9)10)22(18,19)4(11,12)13;/h3-6H,1-2H3;1-3H,4H2;2*1H;/q;-1;;;. The zero-order valence-corrected chi connectivity index (χ0v) is 32.9. The van der Waals surface area contributed by atoms with E-state index in [9.17, 15) is 130 Å². The number of benzene rings is 1. The van der Waals surface area contributed by atoms with Crippen LogP contribution in [0.5, 0.6) is 0 Å². The second-order valence-corrected chi connectivity index (χ2v) is 23.6. The van der Waals surface area contributed by atoms with Crippen LogP contribution in [0.2, 0.25) is 0 Å². The molecule has 12 nitrogen and oxygen atoms in total. The summed E-state index contributed by atoms with van der Waals surface area (Å²) in [7, 11) is -47.6. The largest absolute Gasteiger partial charge is 0.499 e. The van der Waals surface area contributed by atoms with Crippen molar-refractivity contribution >= 4 is 59.0 Å². The van der Waals surface area contributed by atoms with E-state index in [4.69, 9.17) is 0 Å². The van der Waals surface area contributed by atoms with Crippen LogP contribution in [0.1, 0.15) is 17.5 Å². The van der Waals surface area contributed by atoms with E-state index in [1.165, 1.54) is 11.1 Å². The van der Waals surface area contributed by atoms with Gasteiger partial charge < -0.3 is 0 Å².